The molecule has 1 heterocycles. The number of fused-ring (bicyclic) bond motifs is 1. The van der Waals surface area contributed by atoms with Crippen molar-refractivity contribution in [2.24, 2.45) is 0 Å². The number of para-hydroxylation sites is 1. The highest BCUT2D eigenvalue weighted by Gasteiger charge is 2.35. The monoisotopic (exact) mass is 330 g/mol. The number of anilines is 1. The number of halogens is 1. The zero-order valence-corrected chi connectivity index (χ0v) is 13.0. The summed E-state index contributed by atoms with van der Waals surface area (Å²) in [6.45, 7) is -0.168. The molecule has 23 heavy (non-hydrogen) atoms. The van der Waals surface area contributed by atoms with E-state index < -0.39 is 6.04 Å². The van der Waals surface area contributed by atoms with Crippen molar-refractivity contribution in [1.82, 2.24) is 4.90 Å². The Labute approximate surface area is 138 Å². The van der Waals surface area contributed by atoms with Crippen LogP contribution in [0.5, 0.6) is 0 Å². The van der Waals surface area contributed by atoms with E-state index in [4.69, 9.17) is 11.6 Å². The highest BCUT2D eigenvalue weighted by Crippen LogP contribution is 2.31. The van der Waals surface area contributed by atoms with Crippen LogP contribution < -0.4 is 5.32 Å². The van der Waals surface area contributed by atoms with Gasteiger partial charge in [0.1, 0.15) is 6.04 Å². The van der Waals surface area contributed by atoms with Crippen LogP contribution in [0, 0.1) is 0 Å². The summed E-state index contributed by atoms with van der Waals surface area (Å²) < 4.78 is 0. The average Bonchev–Trinajstić information content (AvgIpc) is 2.65. The minimum absolute atomic E-state index is 0.0634. The molecule has 0 saturated carbocycles. The molecule has 2 aromatic rings. The number of aliphatic hydroxyl groups is 1. The molecule has 2 amide bonds. The Kier molecular flexibility index (Phi) is 4.32. The molecule has 1 unspecified atom stereocenters. The summed E-state index contributed by atoms with van der Waals surface area (Å²) in [5.41, 5.74) is 1.52. The predicted molar refractivity (Wildman–Crippen MR) is 87.4 cm³/mol. The Balaban J connectivity index is 2.09. The van der Waals surface area contributed by atoms with Gasteiger partial charge in [-0.05, 0) is 29.8 Å². The smallest absolute Gasteiger partial charge is 0.256 e. The van der Waals surface area contributed by atoms with E-state index in [0.29, 0.717) is 21.8 Å². The van der Waals surface area contributed by atoms with Crippen LogP contribution in [-0.2, 0) is 4.79 Å². The summed E-state index contributed by atoms with van der Waals surface area (Å²) in [5, 5.41) is 12.7. The molecule has 0 saturated heterocycles. The van der Waals surface area contributed by atoms with Gasteiger partial charge in [0.05, 0.1) is 17.9 Å². The minimum Gasteiger partial charge on any atom is -0.395 e. The number of hydrogen-bond donors (Lipinski definition) is 2. The fourth-order valence-electron chi connectivity index (χ4n) is 2.71. The molecule has 1 aliphatic heterocycles. The van der Waals surface area contributed by atoms with Gasteiger partial charge < -0.3 is 15.3 Å². The van der Waals surface area contributed by atoms with Gasteiger partial charge in [0.15, 0.2) is 0 Å². The minimum atomic E-state index is -0.820. The van der Waals surface area contributed by atoms with Gasteiger partial charge in [0.25, 0.3) is 11.8 Å². The van der Waals surface area contributed by atoms with Gasteiger partial charge in [-0.1, -0.05) is 35.9 Å². The van der Waals surface area contributed by atoms with Crippen LogP contribution in [0.4, 0.5) is 5.69 Å². The molecule has 6 heteroatoms. The second-order valence-corrected chi connectivity index (χ2v) is 5.65. The van der Waals surface area contributed by atoms with Crippen molar-refractivity contribution >= 4 is 29.1 Å². The van der Waals surface area contributed by atoms with Gasteiger partial charge in [-0.2, -0.15) is 0 Å². The van der Waals surface area contributed by atoms with E-state index in [9.17, 15) is 14.7 Å². The molecule has 0 spiro atoms. The molecule has 0 aliphatic carbocycles. The number of nitrogens with one attached hydrogen (secondary N) is 1. The standard InChI is InChI=1S/C17H15ClN2O3/c18-12-7-5-11(6-8-12)15-16(22)19-14-4-2-1-3-13(14)17(23)20(15)9-10-21/h1-8,15,21H,9-10H2,(H,19,22). The van der Waals surface area contributed by atoms with Crippen molar-refractivity contribution in [2.75, 3.05) is 18.5 Å². The molecule has 0 bridgehead atoms. The van der Waals surface area contributed by atoms with Gasteiger partial charge in [-0.15, -0.1) is 0 Å². The molecule has 0 radical (unpaired) electrons. The van der Waals surface area contributed by atoms with E-state index in [2.05, 4.69) is 5.32 Å². The Hall–Kier alpha value is -2.37. The third-order valence-corrected chi connectivity index (χ3v) is 4.01. The molecule has 3 rings (SSSR count). The van der Waals surface area contributed by atoms with Crippen LogP contribution in [-0.4, -0.2) is 35.0 Å². The molecule has 0 fully saturated rings. The van der Waals surface area contributed by atoms with Crippen molar-refractivity contribution in [2.45, 2.75) is 6.04 Å². The number of β-amino-alcohol motifs (C(OH)–C–C–N with tert-alkyl or cyclic N) is 1. The van der Waals surface area contributed by atoms with E-state index in [1.54, 1.807) is 48.5 Å². The summed E-state index contributed by atoms with van der Waals surface area (Å²) in [4.78, 5) is 26.9. The van der Waals surface area contributed by atoms with E-state index >= 15 is 0 Å². The van der Waals surface area contributed by atoms with E-state index in [1.807, 2.05) is 0 Å². The van der Waals surface area contributed by atoms with E-state index in [-0.39, 0.29) is 25.0 Å². The predicted octanol–water partition coefficient (Wildman–Crippen LogP) is 2.47. The van der Waals surface area contributed by atoms with Crippen molar-refractivity contribution in [3.05, 3.63) is 64.7 Å². The van der Waals surface area contributed by atoms with Gasteiger partial charge in [-0.3, -0.25) is 9.59 Å². The summed E-state index contributed by atoms with van der Waals surface area (Å²) in [6.07, 6.45) is 0. The van der Waals surface area contributed by atoms with E-state index in [0.717, 1.165) is 0 Å². The number of benzene rings is 2. The number of hydrogen-bond acceptors (Lipinski definition) is 3. The quantitative estimate of drug-likeness (QED) is 0.908. The van der Waals surface area contributed by atoms with Crippen molar-refractivity contribution in [3.63, 3.8) is 0 Å². The van der Waals surface area contributed by atoms with Crippen LogP contribution in [0.2, 0.25) is 5.02 Å². The largest absolute Gasteiger partial charge is 0.395 e. The first kappa shape index (κ1) is 15.5. The number of rotatable bonds is 3. The third-order valence-electron chi connectivity index (χ3n) is 3.76. The number of carbonyl (C=O) groups is 2. The van der Waals surface area contributed by atoms with Crippen LogP contribution in [0.3, 0.4) is 0 Å². The zero-order valence-electron chi connectivity index (χ0n) is 12.2. The highest BCUT2D eigenvalue weighted by molar-refractivity contribution is 6.30. The molecule has 1 aliphatic rings. The number of nitrogens with zero attached hydrogens (tertiary/aromatic N) is 1. The number of aliphatic hydroxyl groups excluding tert-OH is 1. The topological polar surface area (TPSA) is 69.6 Å². The van der Waals surface area contributed by atoms with Crippen molar-refractivity contribution < 1.29 is 14.7 Å². The summed E-state index contributed by atoms with van der Waals surface area (Å²) in [6, 6.07) is 12.8. The van der Waals surface area contributed by atoms with Crippen LogP contribution in [0.25, 0.3) is 0 Å². The van der Waals surface area contributed by atoms with E-state index in [1.165, 1.54) is 4.90 Å². The second kappa shape index (κ2) is 6.40. The lowest BCUT2D eigenvalue weighted by atomic mass is 10.0. The molecule has 1 atom stereocenters. The fraction of sp³-hybridized carbons (Fsp3) is 0.176. The van der Waals surface area contributed by atoms with Gasteiger partial charge in [0, 0.05) is 11.6 Å². The number of carbonyl (C=O) groups excluding carboxylic acids is 2. The Morgan fingerprint density at radius 3 is 2.48 bits per heavy atom. The molecule has 0 aromatic heterocycles. The van der Waals surface area contributed by atoms with Gasteiger partial charge in [-0.25, -0.2) is 0 Å². The summed E-state index contributed by atoms with van der Waals surface area (Å²) >= 11 is 5.90. The maximum absolute atomic E-state index is 12.8. The maximum atomic E-state index is 12.8. The SMILES string of the molecule is O=C1Nc2ccccc2C(=O)N(CCO)C1c1ccc(Cl)cc1. The molecule has 2 N–H and O–H groups in total. The zero-order chi connectivity index (χ0) is 16.4. The Morgan fingerprint density at radius 2 is 1.78 bits per heavy atom. The Morgan fingerprint density at radius 1 is 1.09 bits per heavy atom. The molecule has 118 valence electrons. The fourth-order valence-corrected chi connectivity index (χ4v) is 2.83. The molecule has 5 nitrogen and oxygen atoms in total. The third kappa shape index (κ3) is 2.93. The lowest BCUT2D eigenvalue weighted by Crippen LogP contribution is -2.40. The first-order valence-electron chi connectivity index (χ1n) is 7.19. The van der Waals surface area contributed by atoms with Crippen LogP contribution >= 0.6 is 11.6 Å². The van der Waals surface area contributed by atoms with Gasteiger partial charge >= 0.3 is 0 Å². The lowest BCUT2D eigenvalue weighted by molar-refractivity contribution is -0.120. The molecular weight excluding hydrogens is 316 g/mol. The van der Waals surface area contributed by atoms with Gasteiger partial charge in [0.2, 0.25) is 0 Å². The lowest BCUT2D eigenvalue weighted by Gasteiger charge is -2.28. The number of amides is 2. The average molecular weight is 331 g/mol. The first-order valence-corrected chi connectivity index (χ1v) is 7.57. The van der Waals surface area contributed by atoms with Crippen LogP contribution in [0.15, 0.2) is 48.5 Å². The first-order chi connectivity index (χ1) is 11.1. The summed E-state index contributed by atoms with van der Waals surface area (Å²) in [5.74, 6) is -0.618. The van der Waals surface area contributed by atoms with Crippen molar-refractivity contribution in [3.8, 4) is 0 Å². The second-order valence-electron chi connectivity index (χ2n) is 5.21. The molecule has 2 aromatic carbocycles. The molecular formula is C17H15ClN2O3. The maximum Gasteiger partial charge on any atom is 0.256 e. The summed E-state index contributed by atoms with van der Waals surface area (Å²) in [7, 11) is 0. The highest BCUT2D eigenvalue weighted by atomic mass is 35.5. The Bertz CT molecular complexity index is 746. The van der Waals surface area contributed by atoms with Crippen LogP contribution in [0.1, 0.15) is 22.0 Å². The van der Waals surface area contributed by atoms with Crippen molar-refractivity contribution in [1.29, 1.82) is 0 Å². The normalized spacial score (nSPS) is 17.5.